The minimum absolute atomic E-state index is 0.150. The largest absolute Gasteiger partial charge is 0.497 e. The van der Waals surface area contributed by atoms with Crippen LogP contribution in [0.3, 0.4) is 0 Å². The molecule has 0 amide bonds. The predicted molar refractivity (Wildman–Crippen MR) is 64.9 cm³/mol. The van der Waals surface area contributed by atoms with Crippen LogP contribution in [-0.2, 0) is 6.54 Å². The number of hydrogen-bond donors (Lipinski definition) is 2. The molecule has 0 spiro atoms. The number of benzene rings is 1. The second kappa shape index (κ2) is 6.35. The molecule has 0 radical (unpaired) electrons. The Kier molecular flexibility index (Phi) is 5.08. The minimum atomic E-state index is 0.150. The van der Waals surface area contributed by atoms with Gasteiger partial charge in [-0.15, -0.1) is 0 Å². The van der Waals surface area contributed by atoms with Gasteiger partial charge < -0.3 is 20.5 Å². The third-order valence-electron chi connectivity index (χ3n) is 2.27. The molecule has 1 unspecified atom stereocenters. The summed E-state index contributed by atoms with van der Waals surface area (Å²) in [5.41, 5.74) is 6.74. The lowest BCUT2D eigenvalue weighted by Crippen LogP contribution is -2.30. The first-order valence-electron chi connectivity index (χ1n) is 5.34. The van der Waals surface area contributed by atoms with Crippen molar-refractivity contribution in [2.45, 2.75) is 19.5 Å². The molecular formula is C12H20N2O2. The molecule has 0 saturated heterocycles. The van der Waals surface area contributed by atoms with Crippen LogP contribution in [0.1, 0.15) is 12.5 Å². The van der Waals surface area contributed by atoms with Gasteiger partial charge in [-0.2, -0.15) is 0 Å². The molecule has 0 heterocycles. The summed E-state index contributed by atoms with van der Waals surface area (Å²) < 4.78 is 10.4. The lowest BCUT2D eigenvalue weighted by Gasteiger charge is -2.12. The third kappa shape index (κ3) is 3.72. The normalized spacial score (nSPS) is 12.2. The molecule has 16 heavy (non-hydrogen) atoms. The predicted octanol–water partition coefficient (Wildman–Crippen LogP) is 1.14. The Balaban J connectivity index is 2.67. The zero-order valence-corrected chi connectivity index (χ0v) is 10.1. The van der Waals surface area contributed by atoms with E-state index in [2.05, 4.69) is 5.32 Å². The zero-order chi connectivity index (χ0) is 12.0. The van der Waals surface area contributed by atoms with Gasteiger partial charge in [0.15, 0.2) is 0 Å². The number of ether oxygens (including phenoxy) is 2. The van der Waals surface area contributed by atoms with Crippen LogP contribution in [0.15, 0.2) is 18.2 Å². The van der Waals surface area contributed by atoms with Crippen molar-refractivity contribution in [1.82, 2.24) is 5.32 Å². The van der Waals surface area contributed by atoms with Crippen molar-refractivity contribution < 1.29 is 9.47 Å². The van der Waals surface area contributed by atoms with Crippen molar-refractivity contribution in [1.29, 1.82) is 0 Å². The van der Waals surface area contributed by atoms with Gasteiger partial charge in [-0.3, -0.25) is 0 Å². The molecule has 4 nitrogen and oxygen atoms in total. The molecule has 0 bridgehead atoms. The highest BCUT2D eigenvalue weighted by molar-refractivity contribution is 5.40. The smallest absolute Gasteiger partial charge is 0.123 e. The van der Waals surface area contributed by atoms with Crippen molar-refractivity contribution in [3.8, 4) is 11.5 Å². The van der Waals surface area contributed by atoms with Gasteiger partial charge in [0.05, 0.1) is 14.2 Å². The highest BCUT2D eigenvalue weighted by Gasteiger charge is 2.04. The Morgan fingerprint density at radius 2 is 2.06 bits per heavy atom. The molecule has 4 heteroatoms. The van der Waals surface area contributed by atoms with E-state index in [1.54, 1.807) is 14.2 Å². The van der Waals surface area contributed by atoms with Gasteiger partial charge in [-0.1, -0.05) is 0 Å². The molecule has 1 aromatic rings. The Morgan fingerprint density at radius 3 is 2.62 bits per heavy atom. The molecule has 0 aliphatic heterocycles. The summed E-state index contributed by atoms with van der Waals surface area (Å²) in [5.74, 6) is 1.69. The first-order valence-corrected chi connectivity index (χ1v) is 5.34. The van der Waals surface area contributed by atoms with E-state index in [4.69, 9.17) is 15.2 Å². The molecule has 0 aliphatic rings. The van der Waals surface area contributed by atoms with Crippen LogP contribution in [0, 0.1) is 0 Å². The topological polar surface area (TPSA) is 56.5 Å². The average molecular weight is 224 g/mol. The van der Waals surface area contributed by atoms with E-state index in [-0.39, 0.29) is 6.04 Å². The van der Waals surface area contributed by atoms with Crippen molar-refractivity contribution >= 4 is 0 Å². The Morgan fingerprint density at radius 1 is 1.31 bits per heavy atom. The molecule has 0 saturated carbocycles. The maximum atomic E-state index is 5.66. The maximum absolute atomic E-state index is 5.66. The second-order valence-corrected chi connectivity index (χ2v) is 3.79. The summed E-state index contributed by atoms with van der Waals surface area (Å²) >= 11 is 0. The quantitative estimate of drug-likeness (QED) is 0.761. The molecule has 0 aromatic heterocycles. The Labute approximate surface area is 96.7 Å². The number of methoxy groups -OCH3 is 2. The summed E-state index contributed by atoms with van der Waals surface area (Å²) in [7, 11) is 3.32. The van der Waals surface area contributed by atoms with Crippen LogP contribution < -0.4 is 20.5 Å². The lowest BCUT2D eigenvalue weighted by atomic mass is 10.2. The average Bonchev–Trinajstić information content (AvgIpc) is 2.28. The summed E-state index contributed by atoms with van der Waals surface area (Å²) in [5, 5.41) is 3.27. The number of hydrogen-bond acceptors (Lipinski definition) is 4. The fraction of sp³-hybridized carbons (Fsp3) is 0.500. The van der Waals surface area contributed by atoms with Crippen LogP contribution in [-0.4, -0.2) is 26.8 Å². The van der Waals surface area contributed by atoms with Gasteiger partial charge in [0, 0.05) is 24.7 Å². The van der Waals surface area contributed by atoms with Crippen molar-refractivity contribution in [3.63, 3.8) is 0 Å². The molecule has 90 valence electrons. The van der Waals surface area contributed by atoms with Crippen molar-refractivity contribution in [3.05, 3.63) is 23.8 Å². The van der Waals surface area contributed by atoms with Crippen molar-refractivity contribution in [2.75, 3.05) is 20.8 Å². The molecular weight excluding hydrogens is 204 g/mol. The fourth-order valence-electron chi connectivity index (χ4n) is 1.45. The van der Waals surface area contributed by atoms with Crippen LogP contribution in [0.25, 0.3) is 0 Å². The molecule has 0 fully saturated rings. The standard InChI is InChI=1S/C12H20N2O2/c1-9(13)7-14-8-10-6-11(15-2)4-5-12(10)16-3/h4-6,9,14H,7-8,13H2,1-3H3. The van der Waals surface area contributed by atoms with Crippen molar-refractivity contribution in [2.24, 2.45) is 5.73 Å². The van der Waals surface area contributed by atoms with E-state index in [1.807, 2.05) is 25.1 Å². The fourth-order valence-corrected chi connectivity index (χ4v) is 1.45. The van der Waals surface area contributed by atoms with E-state index in [0.717, 1.165) is 30.2 Å². The second-order valence-electron chi connectivity index (χ2n) is 3.79. The van der Waals surface area contributed by atoms with Gasteiger partial charge in [0.2, 0.25) is 0 Å². The summed E-state index contributed by atoms with van der Waals surface area (Å²) in [4.78, 5) is 0. The van der Waals surface area contributed by atoms with Gasteiger partial charge in [-0.05, 0) is 25.1 Å². The number of nitrogens with two attached hydrogens (primary N) is 1. The highest BCUT2D eigenvalue weighted by Crippen LogP contribution is 2.23. The summed E-state index contributed by atoms with van der Waals surface area (Å²) in [6, 6.07) is 5.90. The van der Waals surface area contributed by atoms with E-state index in [0.29, 0.717) is 0 Å². The summed E-state index contributed by atoms with van der Waals surface area (Å²) in [6.45, 7) is 3.47. The Bertz CT molecular complexity index is 327. The maximum Gasteiger partial charge on any atom is 0.123 e. The van der Waals surface area contributed by atoms with Gasteiger partial charge in [0.1, 0.15) is 11.5 Å². The number of nitrogens with one attached hydrogen (secondary N) is 1. The Hall–Kier alpha value is -1.26. The molecule has 0 aliphatic carbocycles. The first-order chi connectivity index (χ1) is 7.67. The van der Waals surface area contributed by atoms with Crippen LogP contribution in [0.4, 0.5) is 0 Å². The van der Waals surface area contributed by atoms with E-state index in [9.17, 15) is 0 Å². The third-order valence-corrected chi connectivity index (χ3v) is 2.27. The lowest BCUT2D eigenvalue weighted by molar-refractivity contribution is 0.397. The number of rotatable bonds is 6. The molecule has 1 atom stereocenters. The monoisotopic (exact) mass is 224 g/mol. The van der Waals surface area contributed by atoms with Gasteiger partial charge in [0.25, 0.3) is 0 Å². The van der Waals surface area contributed by atoms with Crippen LogP contribution in [0.5, 0.6) is 11.5 Å². The van der Waals surface area contributed by atoms with E-state index in [1.165, 1.54) is 0 Å². The van der Waals surface area contributed by atoms with Gasteiger partial charge in [-0.25, -0.2) is 0 Å². The zero-order valence-electron chi connectivity index (χ0n) is 10.1. The van der Waals surface area contributed by atoms with E-state index < -0.39 is 0 Å². The highest BCUT2D eigenvalue weighted by atomic mass is 16.5. The van der Waals surface area contributed by atoms with Gasteiger partial charge >= 0.3 is 0 Å². The molecule has 1 aromatic carbocycles. The van der Waals surface area contributed by atoms with Crippen LogP contribution in [0.2, 0.25) is 0 Å². The first kappa shape index (κ1) is 12.8. The summed E-state index contributed by atoms with van der Waals surface area (Å²) in [6.07, 6.45) is 0. The van der Waals surface area contributed by atoms with Crippen LogP contribution >= 0.6 is 0 Å². The van der Waals surface area contributed by atoms with E-state index >= 15 is 0 Å². The molecule has 1 rings (SSSR count). The SMILES string of the molecule is COc1ccc(OC)c(CNCC(C)N)c1. The molecule has 3 N–H and O–H groups in total. The minimum Gasteiger partial charge on any atom is -0.497 e.